The summed E-state index contributed by atoms with van der Waals surface area (Å²) in [5.41, 5.74) is 1.56. The Morgan fingerprint density at radius 3 is 2.83 bits per heavy atom. The first-order chi connectivity index (χ1) is 11.2. The third-order valence-corrected chi connectivity index (χ3v) is 4.35. The van der Waals surface area contributed by atoms with Crippen molar-refractivity contribution in [1.29, 1.82) is 0 Å². The van der Waals surface area contributed by atoms with Crippen LogP contribution in [0.5, 0.6) is 0 Å². The van der Waals surface area contributed by atoms with Gasteiger partial charge in [0.2, 0.25) is 5.95 Å². The summed E-state index contributed by atoms with van der Waals surface area (Å²) in [5, 5.41) is 0. The number of ether oxygens (including phenoxy) is 2. The van der Waals surface area contributed by atoms with Crippen LogP contribution in [0, 0.1) is 0 Å². The predicted octanol–water partition coefficient (Wildman–Crippen LogP) is 0.625. The molecule has 0 radical (unpaired) electrons. The molecule has 0 bridgehead atoms. The summed E-state index contributed by atoms with van der Waals surface area (Å²) < 4.78 is 11.8. The molecular weight excluding hydrogens is 296 g/mol. The molecule has 1 N–H and O–H groups in total. The zero-order valence-corrected chi connectivity index (χ0v) is 13.5. The van der Waals surface area contributed by atoms with Crippen molar-refractivity contribution < 1.29 is 9.47 Å². The summed E-state index contributed by atoms with van der Waals surface area (Å²) in [5.74, 6) is 0.715. The summed E-state index contributed by atoms with van der Waals surface area (Å²) in [4.78, 5) is 20.8. The quantitative estimate of drug-likeness (QED) is 0.869. The van der Waals surface area contributed by atoms with E-state index in [-0.39, 0.29) is 18.4 Å². The number of nitrogens with one attached hydrogen (secondary N) is 1. The molecule has 0 amide bonds. The van der Waals surface area contributed by atoms with Gasteiger partial charge in [-0.1, -0.05) is 0 Å². The Kier molecular flexibility index (Phi) is 3.88. The fraction of sp³-hybridized carbons (Fsp3) is 0.667. The number of hydrogen-bond donors (Lipinski definition) is 1. The van der Waals surface area contributed by atoms with Crippen LogP contribution in [-0.2, 0) is 9.47 Å². The van der Waals surface area contributed by atoms with Crippen LogP contribution in [0.15, 0.2) is 12.5 Å². The maximum Gasteiger partial charge on any atom is 0.227 e. The lowest BCUT2D eigenvalue weighted by atomic mass is 10.2. The second kappa shape index (κ2) is 6.03. The minimum absolute atomic E-state index is 0.0519. The van der Waals surface area contributed by atoms with Gasteiger partial charge in [-0.05, 0) is 13.8 Å². The molecule has 4 heterocycles. The van der Waals surface area contributed by atoms with Gasteiger partial charge in [0, 0.05) is 19.6 Å². The van der Waals surface area contributed by atoms with E-state index < -0.39 is 0 Å². The Hall–Kier alpha value is -1.77. The smallest absolute Gasteiger partial charge is 0.227 e. The fourth-order valence-corrected chi connectivity index (χ4v) is 3.37. The van der Waals surface area contributed by atoms with E-state index in [2.05, 4.69) is 43.6 Å². The van der Waals surface area contributed by atoms with Crippen LogP contribution in [0.4, 0.5) is 5.95 Å². The molecule has 8 heteroatoms. The second-order valence-corrected chi connectivity index (χ2v) is 6.29. The molecule has 0 spiro atoms. The standard InChI is InChI=1S/C15H22N6O2/c1-10-6-21(7-11(2)23-10)13-8-20(3-4-22-13)15-16-5-12-14(19-15)18-9-17-12/h5,9-11,13H,3-4,6-8H2,1-2H3,(H,16,17,18,19)/t10-,11+,13?. The van der Waals surface area contributed by atoms with Crippen molar-refractivity contribution in [3.05, 3.63) is 12.5 Å². The van der Waals surface area contributed by atoms with E-state index in [1.54, 1.807) is 12.5 Å². The number of anilines is 1. The van der Waals surface area contributed by atoms with Gasteiger partial charge < -0.3 is 19.4 Å². The van der Waals surface area contributed by atoms with E-state index in [0.717, 1.165) is 31.7 Å². The van der Waals surface area contributed by atoms with Crippen molar-refractivity contribution >= 4 is 17.1 Å². The third kappa shape index (κ3) is 3.01. The van der Waals surface area contributed by atoms with Gasteiger partial charge in [-0.2, -0.15) is 4.98 Å². The summed E-state index contributed by atoms with van der Waals surface area (Å²) in [6.45, 7) is 8.23. The number of rotatable bonds is 2. The maximum absolute atomic E-state index is 5.99. The minimum Gasteiger partial charge on any atom is -0.373 e. The summed E-state index contributed by atoms with van der Waals surface area (Å²) in [6.07, 6.45) is 3.94. The highest BCUT2D eigenvalue weighted by Gasteiger charge is 2.32. The fourth-order valence-electron chi connectivity index (χ4n) is 3.37. The Bertz CT molecular complexity index is 667. The first-order valence-corrected chi connectivity index (χ1v) is 8.11. The van der Waals surface area contributed by atoms with Gasteiger partial charge in [0.1, 0.15) is 11.7 Å². The number of fused-ring (bicyclic) bond motifs is 1. The molecule has 8 nitrogen and oxygen atoms in total. The molecule has 2 aliphatic heterocycles. The van der Waals surface area contributed by atoms with Gasteiger partial charge in [0.05, 0.1) is 37.9 Å². The first-order valence-electron chi connectivity index (χ1n) is 8.11. The second-order valence-electron chi connectivity index (χ2n) is 6.29. The van der Waals surface area contributed by atoms with Crippen LogP contribution in [0.3, 0.4) is 0 Å². The highest BCUT2D eigenvalue weighted by molar-refractivity contribution is 5.69. The Labute approximate surface area is 134 Å². The molecule has 124 valence electrons. The van der Waals surface area contributed by atoms with Crippen LogP contribution in [0.25, 0.3) is 11.2 Å². The minimum atomic E-state index is 0.0519. The van der Waals surface area contributed by atoms with Crippen LogP contribution in [0.1, 0.15) is 13.8 Å². The van der Waals surface area contributed by atoms with E-state index in [1.165, 1.54) is 0 Å². The molecule has 0 aliphatic carbocycles. The third-order valence-electron chi connectivity index (χ3n) is 4.35. The first kappa shape index (κ1) is 14.8. The number of aromatic amines is 1. The van der Waals surface area contributed by atoms with E-state index in [9.17, 15) is 0 Å². The molecular formula is C15H22N6O2. The summed E-state index contributed by atoms with van der Waals surface area (Å²) in [7, 11) is 0. The molecule has 2 aromatic heterocycles. The zero-order chi connectivity index (χ0) is 15.8. The lowest BCUT2D eigenvalue weighted by Gasteiger charge is -2.43. The molecule has 0 aromatic carbocycles. The highest BCUT2D eigenvalue weighted by Crippen LogP contribution is 2.20. The molecule has 3 atom stereocenters. The largest absolute Gasteiger partial charge is 0.373 e. The normalized spacial score (nSPS) is 30.0. The van der Waals surface area contributed by atoms with Gasteiger partial charge in [0.15, 0.2) is 5.65 Å². The summed E-state index contributed by atoms with van der Waals surface area (Å²) >= 11 is 0. The van der Waals surface area contributed by atoms with E-state index in [0.29, 0.717) is 18.2 Å². The molecule has 0 saturated carbocycles. The molecule has 2 saturated heterocycles. The van der Waals surface area contributed by atoms with Gasteiger partial charge in [-0.3, -0.25) is 4.90 Å². The average molecular weight is 318 g/mol. The number of hydrogen-bond acceptors (Lipinski definition) is 7. The molecule has 1 unspecified atom stereocenters. The topological polar surface area (TPSA) is 79.4 Å². The van der Waals surface area contributed by atoms with E-state index >= 15 is 0 Å². The van der Waals surface area contributed by atoms with Crippen LogP contribution in [-0.4, -0.2) is 76.1 Å². The van der Waals surface area contributed by atoms with Gasteiger partial charge >= 0.3 is 0 Å². The van der Waals surface area contributed by atoms with Crippen molar-refractivity contribution in [1.82, 2.24) is 24.8 Å². The van der Waals surface area contributed by atoms with Crippen molar-refractivity contribution in [3.8, 4) is 0 Å². The molecule has 2 fully saturated rings. The van der Waals surface area contributed by atoms with Crippen LogP contribution >= 0.6 is 0 Å². The number of imidazole rings is 1. The average Bonchev–Trinajstić information content (AvgIpc) is 3.01. The molecule has 4 rings (SSSR count). The van der Waals surface area contributed by atoms with Gasteiger partial charge in [0.25, 0.3) is 0 Å². The Morgan fingerprint density at radius 2 is 2.00 bits per heavy atom. The molecule has 2 aliphatic rings. The van der Waals surface area contributed by atoms with Crippen molar-refractivity contribution in [3.63, 3.8) is 0 Å². The highest BCUT2D eigenvalue weighted by atomic mass is 16.5. The summed E-state index contributed by atoms with van der Waals surface area (Å²) in [6, 6.07) is 0. The van der Waals surface area contributed by atoms with Crippen LogP contribution in [0.2, 0.25) is 0 Å². The monoisotopic (exact) mass is 318 g/mol. The number of H-pyrrole nitrogens is 1. The molecule has 23 heavy (non-hydrogen) atoms. The maximum atomic E-state index is 5.99. The van der Waals surface area contributed by atoms with Crippen LogP contribution < -0.4 is 4.90 Å². The van der Waals surface area contributed by atoms with Crippen molar-refractivity contribution in [2.75, 3.05) is 37.7 Å². The van der Waals surface area contributed by atoms with Gasteiger partial charge in [-0.25, -0.2) is 9.97 Å². The number of aromatic nitrogens is 4. The zero-order valence-electron chi connectivity index (χ0n) is 13.5. The van der Waals surface area contributed by atoms with Crippen molar-refractivity contribution in [2.24, 2.45) is 0 Å². The predicted molar refractivity (Wildman–Crippen MR) is 85.2 cm³/mol. The number of morpholine rings is 2. The Balaban J connectivity index is 1.50. The SMILES string of the molecule is C[C@@H]1CN(C2CN(c3ncc4[nH]cnc4n3)CCO2)C[C@H](C)O1. The number of nitrogens with zero attached hydrogens (tertiary/aromatic N) is 5. The lowest BCUT2D eigenvalue weighted by Crippen LogP contribution is -2.57. The van der Waals surface area contributed by atoms with Gasteiger partial charge in [-0.15, -0.1) is 0 Å². The van der Waals surface area contributed by atoms with Crippen molar-refractivity contribution in [2.45, 2.75) is 32.3 Å². The van der Waals surface area contributed by atoms with E-state index in [1.807, 2.05) is 0 Å². The Morgan fingerprint density at radius 1 is 1.17 bits per heavy atom. The van der Waals surface area contributed by atoms with E-state index in [4.69, 9.17) is 9.47 Å². The lowest BCUT2D eigenvalue weighted by molar-refractivity contribution is -0.142. The molecule has 2 aromatic rings.